The molecule has 0 amide bonds. The summed E-state index contributed by atoms with van der Waals surface area (Å²) >= 11 is 0. The van der Waals surface area contributed by atoms with Gasteiger partial charge in [0.1, 0.15) is 5.73 Å². The lowest BCUT2D eigenvalue weighted by Gasteiger charge is -2.32. The lowest BCUT2D eigenvalue weighted by Crippen LogP contribution is -2.41. The van der Waals surface area contributed by atoms with Crippen LogP contribution in [0.4, 0.5) is 4.39 Å². The van der Waals surface area contributed by atoms with Gasteiger partial charge in [-0.15, -0.1) is 0 Å². The summed E-state index contributed by atoms with van der Waals surface area (Å²) in [5.41, 5.74) is -0.645. The lowest BCUT2D eigenvalue weighted by molar-refractivity contribution is 0.00578. The molecule has 5 heteroatoms. The van der Waals surface area contributed by atoms with Crippen molar-refractivity contribution in [2.75, 3.05) is 13.2 Å². The summed E-state index contributed by atoms with van der Waals surface area (Å²) in [5.74, 6) is 0.106. The zero-order valence-corrected chi connectivity index (χ0v) is 11.2. The standard InChI is InChI=1S/C12H20BFO3/c1-8-6-15-7-9(8)10(14)13-16-11(2,3)12(4,5)17-13/h8H,6-7H2,1-5H3. The van der Waals surface area contributed by atoms with Crippen molar-refractivity contribution in [3.8, 4) is 0 Å². The van der Waals surface area contributed by atoms with E-state index in [-0.39, 0.29) is 11.6 Å². The van der Waals surface area contributed by atoms with Gasteiger partial charge in [0.25, 0.3) is 0 Å². The fourth-order valence-corrected chi connectivity index (χ4v) is 1.99. The third kappa shape index (κ3) is 2.16. The first-order valence-electron chi connectivity index (χ1n) is 6.06. The Morgan fingerprint density at radius 2 is 1.76 bits per heavy atom. The molecule has 2 heterocycles. The summed E-state index contributed by atoms with van der Waals surface area (Å²) in [4.78, 5) is 0. The Morgan fingerprint density at radius 1 is 1.24 bits per heavy atom. The van der Waals surface area contributed by atoms with E-state index in [0.29, 0.717) is 18.8 Å². The molecule has 0 spiro atoms. The minimum atomic E-state index is -0.890. The van der Waals surface area contributed by atoms with Gasteiger partial charge < -0.3 is 14.0 Å². The summed E-state index contributed by atoms with van der Waals surface area (Å²) in [6, 6.07) is 0. The van der Waals surface area contributed by atoms with Crippen LogP contribution >= 0.6 is 0 Å². The van der Waals surface area contributed by atoms with Gasteiger partial charge in [0.15, 0.2) is 0 Å². The van der Waals surface area contributed by atoms with Gasteiger partial charge in [0, 0.05) is 5.92 Å². The molecule has 0 saturated carbocycles. The molecule has 2 fully saturated rings. The van der Waals surface area contributed by atoms with Gasteiger partial charge in [-0.2, -0.15) is 0 Å². The minimum Gasteiger partial charge on any atom is -0.398 e. The smallest absolute Gasteiger partial charge is 0.398 e. The molecule has 2 aliphatic heterocycles. The number of hydrogen-bond acceptors (Lipinski definition) is 3. The Balaban J connectivity index is 2.21. The second kappa shape index (κ2) is 4.07. The largest absolute Gasteiger partial charge is 0.525 e. The maximum absolute atomic E-state index is 14.3. The van der Waals surface area contributed by atoms with Crippen LogP contribution in [0.2, 0.25) is 0 Å². The highest BCUT2D eigenvalue weighted by atomic mass is 19.1. The summed E-state index contributed by atoms with van der Waals surface area (Å²) in [7, 11) is -0.890. The van der Waals surface area contributed by atoms with Gasteiger partial charge in [0.2, 0.25) is 0 Å². The van der Waals surface area contributed by atoms with E-state index in [1.807, 2.05) is 34.6 Å². The van der Waals surface area contributed by atoms with Gasteiger partial charge in [-0.3, -0.25) is 0 Å². The summed E-state index contributed by atoms with van der Waals surface area (Å²) < 4.78 is 30.9. The molecular formula is C12H20BFO3. The Labute approximate surface area is 102 Å². The highest BCUT2D eigenvalue weighted by molar-refractivity contribution is 6.53. The topological polar surface area (TPSA) is 27.7 Å². The van der Waals surface area contributed by atoms with Crippen LogP contribution in [0.15, 0.2) is 11.3 Å². The van der Waals surface area contributed by atoms with Gasteiger partial charge in [-0.25, -0.2) is 4.39 Å². The van der Waals surface area contributed by atoms with E-state index in [1.54, 1.807) is 0 Å². The van der Waals surface area contributed by atoms with Crippen molar-refractivity contribution in [2.45, 2.75) is 45.8 Å². The molecule has 2 saturated heterocycles. The van der Waals surface area contributed by atoms with Gasteiger partial charge in [0.05, 0.1) is 24.4 Å². The van der Waals surface area contributed by atoms with Crippen LogP contribution in [0, 0.1) is 5.92 Å². The molecule has 3 nitrogen and oxygen atoms in total. The average molecular weight is 242 g/mol. The first kappa shape index (κ1) is 13.1. The lowest BCUT2D eigenvalue weighted by atomic mass is 9.82. The van der Waals surface area contributed by atoms with Crippen LogP contribution in [-0.4, -0.2) is 31.5 Å². The van der Waals surface area contributed by atoms with Gasteiger partial charge >= 0.3 is 7.12 Å². The Morgan fingerprint density at radius 3 is 2.18 bits per heavy atom. The zero-order valence-electron chi connectivity index (χ0n) is 11.2. The van der Waals surface area contributed by atoms with Crippen LogP contribution in [0.25, 0.3) is 0 Å². The molecule has 1 atom stereocenters. The fraction of sp³-hybridized carbons (Fsp3) is 0.833. The van der Waals surface area contributed by atoms with Crippen LogP contribution in [-0.2, 0) is 14.0 Å². The molecule has 96 valence electrons. The van der Waals surface area contributed by atoms with Crippen molar-refractivity contribution in [2.24, 2.45) is 5.92 Å². The number of hydrogen-bond donors (Lipinski definition) is 0. The summed E-state index contributed by atoms with van der Waals surface area (Å²) in [6.45, 7) is 10.5. The van der Waals surface area contributed by atoms with E-state index in [1.165, 1.54) is 0 Å². The zero-order chi connectivity index (χ0) is 12.8. The van der Waals surface area contributed by atoms with Crippen molar-refractivity contribution < 1.29 is 18.4 Å². The van der Waals surface area contributed by atoms with Crippen molar-refractivity contribution in [3.05, 3.63) is 11.3 Å². The quantitative estimate of drug-likeness (QED) is 0.661. The van der Waals surface area contributed by atoms with Crippen molar-refractivity contribution in [1.82, 2.24) is 0 Å². The predicted octanol–water partition coefficient (Wildman–Crippen LogP) is 2.51. The maximum atomic E-state index is 14.3. The summed E-state index contributed by atoms with van der Waals surface area (Å²) in [6.07, 6.45) is 0. The average Bonchev–Trinajstić information content (AvgIpc) is 2.68. The molecule has 0 radical (unpaired) electrons. The molecule has 2 aliphatic rings. The second-order valence-corrected chi connectivity index (χ2v) is 5.88. The molecule has 17 heavy (non-hydrogen) atoms. The first-order valence-corrected chi connectivity index (χ1v) is 6.06. The SMILES string of the molecule is CC1COCC1=C(F)B1OC(C)(C)C(C)(C)O1. The normalized spacial score (nSPS) is 34.2. The van der Waals surface area contributed by atoms with Crippen LogP contribution in [0.5, 0.6) is 0 Å². The number of halogens is 1. The maximum Gasteiger partial charge on any atom is 0.525 e. The molecule has 0 bridgehead atoms. The monoisotopic (exact) mass is 242 g/mol. The molecule has 1 unspecified atom stereocenters. The van der Waals surface area contributed by atoms with E-state index in [0.717, 1.165) is 0 Å². The molecule has 0 N–H and O–H groups in total. The first-order chi connectivity index (χ1) is 7.74. The molecule has 2 rings (SSSR count). The predicted molar refractivity (Wildman–Crippen MR) is 64.2 cm³/mol. The van der Waals surface area contributed by atoms with E-state index in [2.05, 4.69) is 0 Å². The van der Waals surface area contributed by atoms with Crippen LogP contribution < -0.4 is 0 Å². The Hall–Kier alpha value is -0.385. The van der Waals surface area contributed by atoms with E-state index in [9.17, 15) is 4.39 Å². The fourth-order valence-electron chi connectivity index (χ4n) is 1.99. The van der Waals surface area contributed by atoms with Crippen molar-refractivity contribution >= 4 is 7.12 Å². The Kier molecular flexibility index (Phi) is 3.13. The number of rotatable bonds is 1. The van der Waals surface area contributed by atoms with Gasteiger partial charge in [-0.05, 0) is 33.3 Å². The van der Waals surface area contributed by atoms with E-state index in [4.69, 9.17) is 14.0 Å². The molecular weight excluding hydrogens is 222 g/mol. The van der Waals surface area contributed by atoms with Crippen molar-refractivity contribution in [1.29, 1.82) is 0 Å². The summed E-state index contributed by atoms with van der Waals surface area (Å²) in [5, 5.41) is 0. The van der Waals surface area contributed by atoms with E-state index < -0.39 is 18.3 Å². The number of ether oxygens (including phenoxy) is 1. The third-order valence-corrected chi connectivity index (χ3v) is 3.99. The molecule has 0 aromatic heterocycles. The van der Waals surface area contributed by atoms with Gasteiger partial charge in [-0.1, -0.05) is 6.92 Å². The van der Waals surface area contributed by atoms with E-state index >= 15 is 0 Å². The minimum absolute atomic E-state index is 0.106. The highest BCUT2D eigenvalue weighted by Gasteiger charge is 2.53. The molecule has 0 aliphatic carbocycles. The highest BCUT2D eigenvalue weighted by Crippen LogP contribution is 2.40. The molecule has 0 aromatic carbocycles. The second-order valence-electron chi connectivity index (χ2n) is 5.88. The van der Waals surface area contributed by atoms with Crippen LogP contribution in [0.3, 0.4) is 0 Å². The Bertz CT molecular complexity index is 336. The van der Waals surface area contributed by atoms with Crippen molar-refractivity contribution in [3.63, 3.8) is 0 Å². The molecule has 0 aromatic rings. The van der Waals surface area contributed by atoms with Crippen LogP contribution in [0.1, 0.15) is 34.6 Å². The third-order valence-electron chi connectivity index (χ3n) is 3.99.